The van der Waals surface area contributed by atoms with Crippen molar-refractivity contribution in [1.82, 2.24) is 9.88 Å². The van der Waals surface area contributed by atoms with Gasteiger partial charge in [0, 0.05) is 31.9 Å². The zero-order valence-electron chi connectivity index (χ0n) is 21.4. The van der Waals surface area contributed by atoms with Crippen molar-refractivity contribution in [2.45, 2.75) is 58.5 Å². The minimum absolute atomic E-state index is 0.238. The Kier molecular flexibility index (Phi) is 8.96. The first kappa shape index (κ1) is 28.2. The molecule has 1 atom stereocenters. The molecule has 1 aliphatic rings. The molecule has 1 aromatic heterocycles. The first-order valence-electron chi connectivity index (χ1n) is 12.1. The second kappa shape index (κ2) is 11.8. The van der Waals surface area contributed by atoms with E-state index in [1.54, 1.807) is 52.1 Å². The van der Waals surface area contributed by atoms with Crippen LogP contribution in [-0.4, -0.2) is 53.3 Å². The molecule has 0 bridgehead atoms. The molecule has 1 fully saturated rings. The van der Waals surface area contributed by atoms with Crippen LogP contribution in [0.4, 0.5) is 23.8 Å². The fourth-order valence-electron chi connectivity index (χ4n) is 3.96. The van der Waals surface area contributed by atoms with Crippen LogP contribution in [0, 0.1) is 0 Å². The van der Waals surface area contributed by atoms with Crippen molar-refractivity contribution >= 4 is 24.0 Å². The van der Waals surface area contributed by atoms with Crippen LogP contribution < -0.4 is 4.90 Å². The minimum atomic E-state index is -4.37. The van der Waals surface area contributed by atoms with E-state index in [1.807, 2.05) is 0 Å². The summed E-state index contributed by atoms with van der Waals surface area (Å²) in [6, 6.07) is 8.31. The summed E-state index contributed by atoms with van der Waals surface area (Å²) in [6.07, 6.45) is 0.179. The molecule has 1 saturated heterocycles. The van der Waals surface area contributed by atoms with E-state index in [4.69, 9.17) is 9.47 Å². The molecule has 1 amide bonds. The van der Waals surface area contributed by atoms with E-state index in [0.717, 1.165) is 17.7 Å². The molecule has 0 unspecified atom stereocenters. The summed E-state index contributed by atoms with van der Waals surface area (Å²) in [7, 11) is 0. The molecule has 0 aliphatic carbocycles. The zero-order chi connectivity index (χ0) is 27.2. The summed E-state index contributed by atoms with van der Waals surface area (Å²) in [5.74, 6) is -0.0510. The van der Waals surface area contributed by atoms with E-state index < -0.39 is 29.4 Å². The third-order valence-corrected chi connectivity index (χ3v) is 5.61. The van der Waals surface area contributed by atoms with Gasteiger partial charge in [-0.25, -0.2) is 14.6 Å². The molecule has 2 aromatic rings. The number of anilines is 1. The number of pyridine rings is 1. The maximum Gasteiger partial charge on any atom is 0.416 e. The SMILES string of the molecule is CCOC(=O)/C=C/c1ccc(N(C(=O)OC(C)(C)C)[C@@H]2CCN(Cc3ccc(C(F)(F)F)cc3)C2)nc1. The van der Waals surface area contributed by atoms with Crippen molar-refractivity contribution in [3.8, 4) is 0 Å². The van der Waals surface area contributed by atoms with E-state index in [1.165, 1.54) is 23.1 Å². The lowest BCUT2D eigenvalue weighted by Crippen LogP contribution is -2.45. The van der Waals surface area contributed by atoms with Gasteiger partial charge in [-0.3, -0.25) is 9.80 Å². The van der Waals surface area contributed by atoms with Crippen molar-refractivity contribution in [1.29, 1.82) is 0 Å². The number of likely N-dealkylation sites (tertiary alicyclic amines) is 1. The number of hydrogen-bond acceptors (Lipinski definition) is 6. The first-order valence-corrected chi connectivity index (χ1v) is 12.1. The number of hydrogen-bond donors (Lipinski definition) is 0. The van der Waals surface area contributed by atoms with E-state index >= 15 is 0 Å². The van der Waals surface area contributed by atoms with Crippen molar-refractivity contribution < 1.29 is 32.2 Å². The Balaban J connectivity index is 1.74. The Morgan fingerprint density at radius 3 is 2.41 bits per heavy atom. The van der Waals surface area contributed by atoms with Crippen LogP contribution in [0.15, 0.2) is 48.7 Å². The Morgan fingerprint density at radius 1 is 1.14 bits per heavy atom. The highest BCUT2D eigenvalue weighted by atomic mass is 19.4. The van der Waals surface area contributed by atoms with Crippen molar-refractivity contribution in [2.75, 3.05) is 24.6 Å². The molecule has 1 aromatic carbocycles. The highest BCUT2D eigenvalue weighted by Crippen LogP contribution is 2.30. The van der Waals surface area contributed by atoms with Crippen molar-refractivity contribution in [2.24, 2.45) is 0 Å². The number of halogens is 3. The number of amides is 1. The molecule has 0 saturated carbocycles. The Bertz CT molecular complexity index is 1090. The fourth-order valence-corrected chi connectivity index (χ4v) is 3.96. The van der Waals surface area contributed by atoms with Crippen LogP contribution in [0.2, 0.25) is 0 Å². The first-order chi connectivity index (χ1) is 17.4. The van der Waals surface area contributed by atoms with E-state index in [2.05, 4.69) is 9.88 Å². The minimum Gasteiger partial charge on any atom is -0.463 e. The highest BCUT2D eigenvalue weighted by molar-refractivity contribution is 5.88. The number of benzene rings is 1. The summed E-state index contributed by atoms with van der Waals surface area (Å²) in [4.78, 5) is 32.8. The smallest absolute Gasteiger partial charge is 0.416 e. The number of nitrogens with zero attached hydrogens (tertiary/aromatic N) is 3. The van der Waals surface area contributed by atoms with Crippen molar-refractivity contribution in [3.05, 3.63) is 65.4 Å². The Morgan fingerprint density at radius 2 is 1.84 bits per heavy atom. The number of carbonyl (C=O) groups excluding carboxylic acids is 2. The van der Waals surface area contributed by atoms with E-state index in [9.17, 15) is 22.8 Å². The summed E-state index contributed by atoms with van der Waals surface area (Å²) < 4.78 is 49.1. The molecule has 0 N–H and O–H groups in total. The average molecular weight is 520 g/mol. The lowest BCUT2D eigenvalue weighted by atomic mass is 10.1. The normalized spacial score (nSPS) is 16.7. The summed E-state index contributed by atoms with van der Waals surface area (Å²) in [5, 5.41) is 0. The molecule has 3 rings (SSSR count). The number of ether oxygens (including phenoxy) is 2. The van der Waals surface area contributed by atoms with Crippen LogP contribution in [0.1, 0.15) is 50.8 Å². The molecule has 0 radical (unpaired) electrons. The number of rotatable bonds is 7. The molecule has 0 spiro atoms. The van der Waals surface area contributed by atoms with Crippen LogP contribution in [0.25, 0.3) is 6.08 Å². The van der Waals surface area contributed by atoms with Gasteiger partial charge in [0.1, 0.15) is 11.4 Å². The van der Waals surface area contributed by atoms with Gasteiger partial charge < -0.3 is 9.47 Å². The van der Waals surface area contributed by atoms with Gasteiger partial charge in [0.25, 0.3) is 0 Å². The van der Waals surface area contributed by atoms with Gasteiger partial charge in [-0.05, 0) is 75.6 Å². The van der Waals surface area contributed by atoms with E-state index in [0.29, 0.717) is 37.4 Å². The third kappa shape index (κ3) is 8.31. The zero-order valence-corrected chi connectivity index (χ0v) is 21.4. The lowest BCUT2D eigenvalue weighted by molar-refractivity contribution is -0.138. The standard InChI is InChI=1S/C27H32F3N3O4/c1-5-36-24(34)13-9-19-8-12-23(31-16-19)33(25(35)37-26(2,3)4)22-14-15-32(18-22)17-20-6-10-21(11-7-20)27(28,29)30/h6-13,16,22H,5,14-15,17-18H2,1-4H3/b13-9+/t22-/m1/s1. The van der Waals surface area contributed by atoms with Crippen molar-refractivity contribution in [3.63, 3.8) is 0 Å². The maximum absolute atomic E-state index is 13.2. The number of aromatic nitrogens is 1. The number of esters is 1. The van der Waals surface area contributed by atoms with Gasteiger partial charge in [0.05, 0.1) is 18.2 Å². The Hall–Kier alpha value is -3.40. The second-order valence-corrected chi connectivity index (χ2v) is 9.76. The predicted molar refractivity (Wildman–Crippen MR) is 134 cm³/mol. The molecular formula is C27H32F3N3O4. The van der Waals surface area contributed by atoms with Crippen LogP contribution in [0.5, 0.6) is 0 Å². The molecule has 7 nitrogen and oxygen atoms in total. The van der Waals surface area contributed by atoms with Gasteiger partial charge in [0.15, 0.2) is 0 Å². The summed E-state index contributed by atoms with van der Waals surface area (Å²) >= 11 is 0. The monoisotopic (exact) mass is 519 g/mol. The highest BCUT2D eigenvalue weighted by Gasteiger charge is 2.35. The van der Waals surface area contributed by atoms with Crippen LogP contribution in [0.3, 0.4) is 0 Å². The third-order valence-electron chi connectivity index (χ3n) is 5.61. The second-order valence-electron chi connectivity index (χ2n) is 9.76. The maximum atomic E-state index is 13.2. The van der Waals surface area contributed by atoms with Crippen LogP contribution in [-0.2, 0) is 27.0 Å². The summed E-state index contributed by atoms with van der Waals surface area (Å²) in [6.45, 7) is 8.98. The van der Waals surface area contributed by atoms with Gasteiger partial charge in [-0.2, -0.15) is 13.2 Å². The average Bonchev–Trinajstić information content (AvgIpc) is 3.25. The lowest BCUT2D eigenvalue weighted by Gasteiger charge is -2.31. The number of alkyl halides is 3. The van der Waals surface area contributed by atoms with Gasteiger partial charge in [-0.1, -0.05) is 12.1 Å². The largest absolute Gasteiger partial charge is 0.463 e. The van der Waals surface area contributed by atoms with Crippen LogP contribution >= 0.6 is 0 Å². The molecule has 1 aliphatic heterocycles. The van der Waals surface area contributed by atoms with E-state index in [-0.39, 0.29) is 12.6 Å². The molecule has 37 heavy (non-hydrogen) atoms. The molecular weight excluding hydrogens is 487 g/mol. The Labute approximate surface area is 214 Å². The fraction of sp³-hybridized carbons (Fsp3) is 0.444. The van der Waals surface area contributed by atoms with Gasteiger partial charge in [0.2, 0.25) is 0 Å². The molecule has 2 heterocycles. The molecule has 200 valence electrons. The van der Waals surface area contributed by atoms with Gasteiger partial charge in [-0.15, -0.1) is 0 Å². The predicted octanol–water partition coefficient (Wildman–Crippen LogP) is 5.69. The van der Waals surface area contributed by atoms with Gasteiger partial charge >= 0.3 is 18.2 Å². The number of carbonyl (C=O) groups is 2. The topological polar surface area (TPSA) is 72.0 Å². The summed E-state index contributed by atoms with van der Waals surface area (Å²) in [5.41, 5.74) is 0.0267. The quantitative estimate of drug-likeness (QED) is 0.346. The molecule has 10 heteroatoms.